The number of aryl methyl sites for hydroxylation is 1. The van der Waals surface area contributed by atoms with E-state index in [-0.39, 0.29) is 5.91 Å². The zero-order chi connectivity index (χ0) is 26.8. The molecule has 0 unspecified atom stereocenters. The van der Waals surface area contributed by atoms with Crippen molar-refractivity contribution in [2.75, 3.05) is 45.2 Å². The predicted molar refractivity (Wildman–Crippen MR) is 154 cm³/mol. The van der Waals surface area contributed by atoms with Crippen LogP contribution in [-0.4, -0.2) is 65.4 Å². The highest BCUT2D eigenvalue weighted by atomic mass is 16.5. The highest BCUT2D eigenvalue weighted by molar-refractivity contribution is 6.05. The summed E-state index contributed by atoms with van der Waals surface area (Å²) in [4.78, 5) is 19.9. The van der Waals surface area contributed by atoms with E-state index in [9.17, 15) is 4.79 Å². The third-order valence-corrected chi connectivity index (χ3v) is 9.50. The van der Waals surface area contributed by atoms with Gasteiger partial charge in [-0.05, 0) is 114 Å². The Balaban J connectivity index is 1.06. The molecule has 4 heterocycles. The first-order chi connectivity index (χ1) is 19.0. The summed E-state index contributed by atoms with van der Waals surface area (Å²) in [5.41, 5.74) is 3.35. The zero-order valence-electron chi connectivity index (χ0n) is 23.4. The fourth-order valence-electron chi connectivity index (χ4n) is 7.01. The highest BCUT2D eigenvalue weighted by Crippen LogP contribution is 2.41. The quantitative estimate of drug-likeness (QED) is 0.456. The van der Waals surface area contributed by atoms with Gasteiger partial charge in [-0.2, -0.15) is 5.10 Å². The molecule has 0 bridgehead atoms. The van der Waals surface area contributed by atoms with Crippen LogP contribution in [0.2, 0.25) is 0 Å². The van der Waals surface area contributed by atoms with Gasteiger partial charge in [0.1, 0.15) is 11.4 Å². The van der Waals surface area contributed by atoms with Crippen molar-refractivity contribution in [1.29, 1.82) is 0 Å². The molecule has 208 valence electrons. The number of piperidine rings is 2. The normalized spacial score (nSPS) is 23.6. The number of benzene rings is 1. The molecule has 0 atom stereocenters. The van der Waals surface area contributed by atoms with Gasteiger partial charge in [-0.15, -0.1) is 0 Å². The SMILES string of the molecule is COc1cc2nn([C@H]3CC[C@H](CN4CCC5(CCNCC5)CC4)CC3)cc2cc1NC(=O)c1cccc(C)n1. The van der Waals surface area contributed by atoms with Gasteiger partial charge in [-0.3, -0.25) is 9.48 Å². The third kappa shape index (κ3) is 5.82. The average molecular weight is 531 g/mol. The molecular weight excluding hydrogens is 488 g/mol. The molecule has 1 aliphatic carbocycles. The summed E-state index contributed by atoms with van der Waals surface area (Å²) in [6.45, 7) is 8.12. The molecule has 0 radical (unpaired) electrons. The van der Waals surface area contributed by atoms with E-state index < -0.39 is 0 Å². The Bertz CT molecular complexity index is 1300. The summed E-state index contributed by atoms with van der Waals surface area (Å²) in [6.07, 6.45) is 12.5. The van der Waals surface area contributed by atoms with Gasteiger partial charge in [-0.25, -0.2) is 4.98 Å². The number of aromatic nitrogens is 3. The first-order valence-electron chi connectivity index (χ1n) is 14.8. The number of fused-ring (bicyclic) bond motifs is 1. The number of carbonyl (C=O) groups is 1. The van der Waals surface area contributed by atoms with Crippen molar-refractivity contribution in [1.82, 2.24) is 25.0 Å². The second kappa shape index (κ2) is 11.3. The number of hydrogen-bond donors (Lipinski definition) is 2. The van der Waals surface area contributed by atoms with Crippen LogP contribution in [0.3, 0.4) is 0 Å². The molecular formula is C31H42N6O2. The van der Waals surface area contributed by atoms with Crippen LogP contribution in [0.1, 0.15) is 73.6 Å². The van der Waals surface area contributed by atoms with Crippen molar-refractivity contribution in [3.05, 3.63) is 47.9 Å². The summed E-state index contributed by atoms with van der Waals surface area (Å²) in [5, 5.41) is 12.4. The molecule has 8 nitrogen and oxygen atoms in total. The van der Waals surface area contributed by atoms with Crippen LogP contribution < -0.4 is 15.4 Å². The largest absolute Gasteiger partial charge is 0.494 e. The van der Waals surface area contributed by atoms with Crippen molar-refractivity contribution in [2.24, 2.45) is 11.3 Å². The minimum absolute atomic E-state index is 0.248. The molecule has 1 aromatic carbocycles. The number of nitrogens with one attached hydrogen (secondary N) is 2. The highest BCUT2D eigenvalue weighted by Gasteiger charge is 2.36. The van der Waals surface area contributed by atoms with E-state index in [0.717, 1.165) is 22.5 Å². The van der Waals surface area contributed by atoms with Crippen molar-refractivity contribution in [2.45, 2.75) is 64.3 Å². The van der Waals surface area contributed by atoms with E-state index in [1.807, 2.05) is 31.2 Å². The molecule has 8 heteroatoms. The van der Waals surface area contributed by atoms with E-state index in [4.69, 9.17) is 9.84 Å². The number of pyridine rings is 1. The minimum atomic E-state index is -0.248. The molecule has 1 amide bonds. The van der Waals surface area contributed by atoms with Crippen LogP contribution in [0.25, 0.3) is 10.9 Å². The van der Waals surface area contributed by atoms with Gasteiger partial charge >= 0.3 is 0 Å². The Morgan fingerprint density at radius 2 is 1.87 bits per heavy atom. The smallest absolute Gasteiger partial charge is 0.274 e. The van der Waals surface area contributed by atoms with Crippen molar-refractivity contribution >= 4 is 22.5 Å². The van der Waals surface area contributed by atoms with Crippen LogP contribution in [0.5, 0.6) is 5.75 Å². The number of ether oxygens (including phenoxy) is 1. The first-order valence-corrected chi connectivity index (χ1v) is 14.8. The van der Waals surface area contributed by atoms with E-state index >= 15 is 0 Å². The van der Waals surface area contributed by atoms with Gasteiger partial charge in [0, 0.05) is 29.9 Å². The lowest BCUT2D eigenvalue weighted by molar-refractivity contribution is 0.0592. The lowest BCUT2D eigenvalue weighted by Crippen LogP contribution is -2.46. The van der Waals surface area contributed by atoms with Crippen LogP contribution in [0.15, 0.2) is 36.5 Å². The number of anilines is 1. The molecule has 1 spiro atoms. The van der Waals surface area contributed by atoms with Gasteiger partial charge in [0.25, 0.3) is 5.91 Å². The number of methoxy groups -OCH3 is 1. The third-order valence-electron chi connectivity index (χ3n) is 9.50. The molecule has 2 N–H and O–H groups in total. The average Bonchev–Trinajstić information content (AvgIpc) is 3.38. The van der Waals surface area contributed by atoms with Crippen LogP contribution >= 0.6 is 0 Å². The Kier molecular flexibility index (Phi) is 7.58. The Hall–Kier alpha value is -2.97. The molecule has 1 saturated carbocycles. The number of hydrogen-bond acceptors (Lipinski definition) is 6. The second-order valence-corrected chi connectivity index (χ2v) is 12.1. The number of nitrogens with zero attached hydrogens (tertiary/aromatic N) is 4. The number of carbonyl (C=O) groups excluding carboxylic acids is 1. The number of likely N-dealkylation sites (tertiary alicyclic amines) is 1. The zero-order valence-corrected chi connectivity index (χ0v) is 23.4. The fraction of sp³-hybridized carbons (Fsp3) is 0.581. The topological polar surface area (TPSA) is 84.3 Å². The van der Waals surface area contributed by atoms with Gasteiger partial charge < -0.3 is 20.3 Å². The van der Waals surface area contributed by atoms with E-state index in [1.54, 1.807) is 13.2 Å². The Labute approximate surface area is 231 Å². The summed E-state index contributed by atoms with van der Waals surface area (Å²) in [7, 11) is 1.62. The van der Waals surface area contributed by atoms with Crippen LogP contribution in [-0.2, 0) is 0 Å². The molecule has 6 rings (SSSR count). The summed E-state index contributed by atoms with van der Waals surface area (Å²) in [6, 6.07) is 9.74. The maximum atomic E-state index is 12.8. The standard InChI is InChI=1S/C31H42N6O2/c1-22-4-3-5-26(33-22)30(38)34-28-18-24-21-37(35-27(24)19-29(28)39-2)25-8-6-23(7-9-25)20-36-16-12-31(13-17-36)10-14-32-15-11-31/h3-5,18-19,21,23,25,32H,6-17,20H2,1-2H3,(H,34,38)/t23-,25-. The van der Waals surface area contributed by atoms with Crippen molar-refractivity contribution in [3.8, 4) is 5.75 Å². The molecule has 2 saturated heterocycles. The van der Waals surface area contributed by atoms with Gasteiger partial charge in [0.15, 0.2) is 0 Å². The molecule has 3 aromatic rings. The fourth-order valence-corrected chi connectivity index (χ4v) is 7.01. The lowest BCUT2D eigenvalue weighted by Gasteiger charge is -2.45. The Morgan fingerprint density at radius 3 is 2.59 bits per heavy atom. The van der Waals surface area contributed by atoms with E-state index in [0.29, 0.717) is 28.6 Å². The summed E-state index contributed by atoms with van der Waals surface area (Å²) in [5.74, 6) is 1.15. The van der Waals surface area contributed by atoms with Crippen LogP contribution in [0, 0.1) is 18.3 Å². The lowest BCUT2D eigenvalue weighted by atomic mass is 9.71. The van der Waals surface area contributed by atoms with Crippen molar-refractivity contribution < 1.29 is 9.53 Å². The Morgan fingerprint density at radius 1 is 1.10 bits per heavy atom. The monoisotopic (exact) mass is 530 g/mol. The van der Waals surface area contributed by atoms with Gasteiger partial charge in [-0.1, -0.05) is 6.07 Å². The predicted octanol–water partition coefficient (Wildman–Crippen LogP) is 5.20. The summed E-state index contributed by atoms with van der Waals surface area (Å²) < 4.78 is 7.75. The first kappa shape index (κ1) is 26.3. The number of rotatable bonds is 6. The maximum absolute atomic E-state index is 12.8. The van der Waals surface area contributed by atoms with Crippen molar-refractivity contribution in [3.63, 3.8) is 0 Å². The second-order valence-electron chi connectivity index (χ2n) is 12.1. The summed E-state index contributed by atoms with van der Waals surface area (Å²) >= 11 is 0. The maximum Gasteiger partial charge on any atom is 0.274 e. The molecule has 2 aliphatic heterocycles. The van der Waals surface area contributed by atoms with Gasteiger partial charge in [0.2, 0.25) is 0 Å². The van der Waals surface area contributed by atoms with Crippen LogP contribution in [0.4, 0.5) is 5.69 Å². The number of amides is 1. The molecule has 3 aliphatic rings. The van der Waals surface area contributed by atoms with E-state index in [2.05, 4.69) is 31.4 Å². The van der Waals surface area contributed by atoms with E-state index in [1.165, 1.54) is 84.1 Å². The molecule has 39 heavy (non-hydrogen) atoms. The van der Waals surface area contributed by atoms with Gasteiger partial charge in [0.05, 0.1) is 24.4 Å². The molecule has 2 aromatic heterocycles. The molecule has 3 fully saturated rings. The minimum Gasteiger partial charge on any atom is -0.494 e.